The van der Waals surface area contributed by atoms with Crippen LogP contribution in [0.3, 0.4) is 0 Å². The lowest BCUT2D eigenvalue weighted by Crippen LogP contribution is -2.31. The van der Waals surface area contributed by atoms with Crippen LogP contribution in [0.15, 0.2) is 22.7 Å². The molecule has 0 unspecified atom stereocenters. The molecule has 1 N–H and O–H groups in total. The lowest BCUT2D eigenvalue weighted by Gasteiger charge is -2.10. The van der Waals surface area contributed by atoms with Gasteiger partial charge in [0, 0.05) is 11.0 Å². The Kier molecular flexibility index (Phi) is 5.66. The van der Waals surface area contributed by atoms with Crippen molar-refractivity contribution in [2.45, 2.75) is 13.8 Å². The summed E-state index contributed by atoms with van der Waals surface area (Å²) in [5.74, 6) is 0.632. The second-order valence-electron chi connectivity index (χ2n) is 4.24. The van der Waals surface area contributed by atoms with Crippen LogP contribution in [0, 0.1) is 17.2 Å². The van der Waals surface area contributed by atoms with Crippen molar-refractivity contribution in [3.8, 4) is 11.8 Å². The lowest BCUT2D eigenvalue weighted by molar-refractivity contribution is -0.123. The van der Waals surface area contributed by atoms with E-state index in [1.165, 1.54) is 0 Å². The SMILES string of the molecule is CC(C)CNC(=O)COc1ccc(Br)cc1C#N. The summed E-state index contributed by atoms with van der Waals surface area (Å²) in [4.78, 5) is 11.5. The zero-order chi connectivity index (χ0) is 13.5. The number of carbonyl (C=O) groups excluding carboxylic acids is 1. The smallest absolute Gasteiger partial charge is 0.257 e. The molecule has 0 saturated heterocycles. The fraction of sp³-hybridized carbons (Fsp3) is 0.385. The molecule has 1 rings (SSSR count). The predicted molar refractivity (Wildman–Crippen MR) is 72.2 cm³/mol. The zero-order valence-corrected chi connectivity index (χ0v) is 12.0. The predicted octanol–water partition coefficient (Wildman–Crippen LogP) is 2.47. The van der Waals surface area contributed by atoms with E-state index >= 15 is 0 Å². The van der Waals surface area contributed by atoms with E-state index in [9.17, 15) is 4.79 Å². The Morgan fingerprint density at radius 1 is 1.56 bits per heavy atom. The topological polar surface area (TPSA) is 62.1 Å². The van der Waals surface area contributed by atoms with Crippen LogP contribution >= 0.6 is 15.9 Å². The van der Waals surface area contributed by atoms with Gasteiger partial charge in [-0.3, -0.25) is 4.79 Å². The summed E-state index contributed by atoms with van der Waals surface area (Å²) in [5.41, 5.74) is 0.404. The van der Waals surface area contributed by atoms with E-state index in [2.05, 4.69) is 21.2 Å². The Labute approximate surface area is 115 Å². The maximum atomic E-state index is 11.5. The van der Waals surface area contributed by atoms with Gasteiger partial charge in [-0.25, -0.2) is 0 Å². The first kappa shape index (κ1) is 14.5. The van der Waals surface area contributed by atoms with Crippen LogP contribution in [-0.4, -0.2) is 19.1 Å². The monoisotopic (exact) mass is 310 g/mol. The summed E-state index contributed by atoms with van der Waals surface area (Å²) in [5, 5.41) is 11.7. The standard InChI is InChI=1S/C13H15BrN2O2/c1-9(2)7-16-13(17)8-18-12-4-3-11(14)5-10(12)6-15/h3-5,9H,7-8H2,1-2H3,(H,16,17). The second kappa shape index (κ2) is 7.02. The first-order valence-electron chi connectivity index (χ1n) is 5.62. The first-order chi connectivity index (χ1) is 8.52. The van der Waals surface area contributed by atoms with Gasteiger partial charge in [0.15, 0.2) is 6.61 Å². The normalized spacial score (nSPS) is 9.94. The molecule has 0 saturated carbocycles. The van der Waals surface area contributed by atoms with Crippen LogP contribution < -0.4 is 10.1 Å². The van der Waals surface area contributed by atoms with Gasteiger partial charge in [-0.05, 0) is 24.1 Å². The molecule has 5 heteroatoms. The van der Waals surface area contributed by atoms with Crippen LogP contribution in [0.2, 0.25) is 0 Å². The second-order valence-corrected chi connectivity index (χ2v) is 5.15. The van der Waals surface area contributed by atoms with Crippen LogP contribution in [0.5, 0.6) is 5.75 Å². The molecule has 18 heavy (non-hydrogen) atoms. The fourth-order valence-corrected chi connectivity index (χ4v) is 1.59. The first-order valence-corrected chi connectivity index (χ1v) is 6.41. The van der Waals surface area contributed by atoms with E-state index < -0.39 is 0 Å². The molecule has 0 atom stereocenters. The maximum absolute atomic E-state index is 11.5. The van der Waals surface area contributed by atoms with E-state index in [-0.39, 0.29) is 12.5 Å². The highest BCUT2D eigenvalue weighted by atomic mass is 79.9. The van der Waals surface area contributed by atoms with E-state index in [0.29, 0.717) is 23.8 Å². The van der Waals surface area contributed by atoms with Crippen molar-refractivity contribution >= 4 is 21.8 Å². The average molecular weight is 311 g/mol. The van der Waals surface area contributed by atoms with Crippen LogP contribution in [0.4, 0.5) is 0 Å². The van der Waals surface area contributed by atoms with Crippen molar-refractivity contribution in [2.24, 2.45) is 5.92 Å². The molecule has 96 valence electrons. The minimum atomic E-state index is -0.185. The molecule has 0 bridgehead atoms. The van der Waals surface area contributed by atoms with E-state index in [1.54, 1.807) is 18.2 Å². The highest BCUT2D eigenvalue weighted by Gasteiger charge is 2.07. The Balaban J connectivity index is 2.54. The third-order valence-electron chi connectivity index (χ3n) is 2.13. The van der Waals surface area contributed by atoms with E-state index in [4.69, 9.17) is 10.00 Å². The quantitative estimate of drug-likeness (QED) is 0.908. The van der Waals surface area contributed by atoms with Crippen molar-refractivity contribution < 1.29 is 9.53 Å². The maximum Gasteiger partial charge on any atom is 0.257 e. The highest BCUT2D eigenvalue weighted by Crippen LogP contribution is 2.22. The molecule has 0 spiro atoms. The Bertz CT molecular complexity index is 467. The Hall–Kier alpha value is -1.54. The van der Waals surface area contributed by atoms with E-state index in [1.807, 2.05) is 19.9 Å². The third-order valence-corrected chi connectivity index (χ3v) is 2.62. The third kappa shape index (κ3) is 4.76. The van der Waals surface area contributed by atoms with Crippen LogP contribution in [-0.2, 0) is 4.79 Å². The molecule has 0 aliphatic heterocycles. The largest absolute Gasteiger partial charge is 0.482 e. The summed E-state index contributed by atoms with van der Waals surface area (Å²) in [6.07, 6.45) is 0. The summed E-state index contributed by atoms with van der Waals surface area (Å²) in [6, 6.07) is 7.11. The van der Waals surface area contributed by atoms with Crippen molar-refractivity contribution in [1.82, 2.24) is 5.32 Å². The van der Waals surface area contributed by atoms with Crippen molar-refractivity contribution in [3.05, 3.63) is 28.2 Å². The van der Waals surface area contributed by atoms with Gasteiger partial charge in [0.25, 0.3) is 5.91 Å². The molecule has 0 aliphatic rings. The number of halogens is 1. The van der Waals surface area contributed by atoms with Gasteiger partial charge in [0.1, 0.15) is 11.8 Å². The van der Waals surface area contributed by atoms with Gasteiger partial charge in [-0.2, -0.15) is 5.26 Å². The molecule has 0 radical (unpaired) electrons. The molecule has 1 aromatic carbocycles. The number of hydrogen-bond acceptors (Lipinski definition) is 3. The number of benzene rings is 1. The number of hydrogen-bond donors (Lipinski definition) is 1. The molecular weight excluding hydrogens is 296 g/mol. The number of carbonyl (C=O) groups is 1. The van der Waals surface area contributed by atoms with Gasteiger partial charge >= 0.3 is 0 Å². The molecule has 1 aromatic rings. The number of amides is 1. The zero-order valence-electron chi connectivity index (χ0n) is 10.4. The van der Waals surface area contributed by atoms with Crippen LogP contribution in [0.25, 0.3) is 0 Å². The summed E-state index contributed by atoms with van der Waals surface area (Å²) < 4.78 is 6.12. The fourth-order valence-electron chi connectivity index (χ4n) is 1.23. The molecule has 0 aliphatic carbocycles. The molecular formula is C13H15BrN2O2. The number of nitrogens with zero attached hydrogens (tertiary/aromatic N) is 1. The van der Waals surface area contributed by atoms with Gasteiger partial charge in [0.2, 0.25) is 0 Å². The number of nitrogens with one attached hydrogen (secondary N) is 1. The van der Waals surface area contributed by atoms with Crippen molar-refractivity contribution in [2.75, 3.05) is 13.2 Å². The number of nitriles is 1. The van der Waals surface area contributed by atoms with Crippen molar-refractivity contribution in [1.29, 1.82) is 5.26 Å². The number of rotatable bonds is 5. The minimum absolute atomic E-state index is 0.0803. The average Bonchev–Trinajstić information content (AvgIpc) is 2.34. The Morgan fingerprint density at radius 3 is 2.89 bits per heavy atom. The highest BCUT2D eigenvalue weighted by molar-refractivity contribution is 9.10. The summed E-state index contributed by atoms with van der Waals surface area (Å²) >= 11 is 3.27. The summed E-state index contributed by atoms with van der Waals surface area (Å²) in [6.45, 7) is 4.57. The lowest BCUT2D eigenvalue weighted by atomic mass is 10.2. The minimum Gasteiger partial charge on any atom is -0.482 e. The Morgan fingerprint density at radius 2 is 2.28 bits per heavy atom. The van der Waals surface area contributed by atoms with E-state index in [0.717, 1.165) is 4.47 Å². The molecule has 0 aromatic heterocycles. The van der Waals surface area contributed by atoms with Crippen molar-refractivity contribution in [3.63, 3.8) is 0 Å². The molecule has 0 fully saturated rings. The molecule has 0 heterocycles. The number of ether oxygens (including phenoxy) is 1. The molecule has 4 nitrogen and oxygen atoms in total. The van der Waals surface area contributed by atoms with Gasteiger partial charge < -0.3 is 10.1 Å². The van der Waals surface area contributed by atoms with Gasteiger partial charge in [-0.15, -0.1) is 0 Å². The van der Waals surface area contributed by atoms with Gasteiger partial charge in [0.05, 0.1) is 5.56 Å². The summed E-state index contributed by atoms with van der Waals surface area (Å²) in [7, 11) is 0. The van der Waals surface area contributed by atoms with Gasteiger partial charge in [-0.1, -0.05) is 29.8 Å². The molecule has 1 amide bonds. The van der Waals surface area contributed by atoms with Crippen LogP contribution in [0.1, 0.15) is 19.4 Å².